The summed E-state index contributed by atoms with van der Waals surface area (Å²) < 4.78 is 42.3. The predicted octanol–water partition coefficient (Wildman–Crippen LogP) is 1.61. The number of likely N-dealkylation sites (tertiary alicyclic amines) is 1. The number of carbonyl (C=O) groups is 2. The summed E-state index contributed by atoms with van der Waals surface area (Å²) in [7, 11) is 1.25. The maximum absolute atomic E-state index is 12.6. The maximum atomic E-state index is 12.6. The number of halogens is 3. The Morgan fingerprint density at radius 3 is 2.74 bits per heavy atom. The number of ether oxygens (including phenoxy) is 1. The molecule has 3 aromatic rings. The number of fused-ring (bicyclic) bond motifs is 1. The van der Waals surface area contributed by atoms with Gasteiger partial charge in [-0.05, 0) is 36.6 Å². The van der Waals surface area contributed by atoms with Crippen molar-refractivity contribution >= 4 is 28.7 Å². The molecule has 35 heavy (non-hydrogen) atoms. The van der Waals surface area contributed by atoms with Gasteiger partial charge < -0.3 is 20.5 Å². The number of anilines is 1. The van der Waals surface area contributed by atoms with Crippen LogP contribution in [-0.4, -0.2) is 68.3 Å². The van der Waals surface area contributed by atoms with Crippen LogP contribution in [0, 0.1) is 18.8 Å². The third-order valence-electron chi connectivity index (χ3n) is 5.42. The number of aromatic nitrogens is 3. The van der Waals surface area contributed by atoms with Gasteiger partial charge in [-0.1, -0.05) is 18.1 Å². The van der Waals surface area contributed by atoms with Crippen LogP contribution in [0.1, 0.15) is 11.1 Å². The maximum Gasteiger partial charge on any atom is 0.490 e. The zero-order valence-corrected chi connectivity index (χ0v) is 18.4. The van der Waals surface area contributed by atoms with Crippen molar-refractivity contribution in [2.24, 2.45) is 0 Å². The van der Waals surface area contributed by atoms with Gasteiger partial charge in [-0.25, -0.2) is 19.7 Å². The van der Waals surface area contributed by atoms with Crippen molar-refractivity contribution in [1.82, 2.24) is 19.9 Å². The first-order valence-corrected chi connectivity index (χ1v) is 10.2. The number of aryl methyl sites for hydroxylation is 1. The van der Waals surface area contributed by atoms with E-state index in [0.29, 0.717) is 27.9 Å². The van der Waals surface area contributed by atoms with E-state index in [9.17, 15) is 27.9 Å². The molecule has 0 aliphatic carbocycles. The third kappa shape index (κ3) is 4.45. The van der Waals surface area contributed by atoms with Crippen LogP contribution in [0.25, 0.3) is 22.3 Å². The molecule has 0 bridgehead atoms. The van der Waals surface area contributed by atoms with Gasteiger partial charge in [0.1, 0.15) is 11.8 Å². The van der Waals surface area contributed by atoms with Crippen molar-refractivity contribution in [3.8, 4) is 23.1 Å². The Kier molecular flexibility index (Phi) is 5.82. The van der Waals surface area contributed by atoms with E-state index in [2.05, 4.69) is 31.5 Å². The van der Waals surface area contributed by atoms with E-state index >= 15 is 0 Å². The molecule has 2 atom stereocenters. The van der Waals surface area contributed by atoms with Crippen LogP contribution in [0.2, 0.25) is 0 Å². The average Bonchev–Trinajstić information content (AvgIpc) is 3.01. The first kappa shape index (κ1) is 23.9. The van der Waals surface area contributed by atoms with Crippen LogP contribution >= 0.6 is 0 Å². The second kappa shape index (κ2) is 8.52. The van der Waals surface area contributed by atoms with Crippen molar-refractivity contribution in [1.29, 1.82) is 0 Å². The Labute approximate surface area is 196 Å². The van der Waals surface area contributed by atoms with Crippen LogP contribution in [0.3, 0.4) is 0 Å². The monoisotopic (exact) mass is 485 g/mol. The second-order valence-corrected chi connectivity index (χ2v) is 7.96. The SMILES string of the molecule is Cc1cc(-c2cccc(C#C[C@]3(O)C(=O)N(C)CC3OC(=O)C(F)(F)F)c2)nc2c(N)ncnc12. The first-order chi connectivity index (χ1) is 16.4. The fraction of sp³-hybridized carbons (Fsp3) is 0.261. The number of benzene rings is 1. The van der Waals surface area contributed by atoms with Crippen LogP contribution in [0.5, 0.6) is 0 Å². The topological polar surface area (TPSA) is 132 Å². The zero-order valence-electron chi connectivity index (χ0n) is 18.4. The van der Waals surface area contributed by atoms with E-state index in [-0.39, 0.29) is 5.82 Å². The molecule has 9 nitrogen and oxygen atoms in total. The molecule has 1 amide bonds. The minimum absolute atomic E-state index is 0.210. The highest BCUT2D eigenvalue weighted by Gasteiger charge is 2.56. The van der Waals surface area contributed by atoms with E-state index in [1.165, 1.54) is 13.4 Å². The quantitative estimate of drug-likeness (QED) is 0.414. The van der Waals surface area contributed by atoms with E-state index in [1.54, 1.807) is 30.3 Å². The molecule has 1 unspecified atom stereocenters. The van der Waals surface area contributed by atoms with E-state index < -0.39 is 36.3 Å². The van der Waals surface area contributed by atoms with Gasteiger partial charge in [0.2, 0.25) is 5.60 Å². The van der Waals surface area contributed by atoms with Gasteiger partial charge >= 0.3 is 12.1 Å². The Hall–Kier alpha value is -4.24. The zero-order chi connectivity index (χ0) is 25.5. The molecular formula is C23H18F3N5O4. The van der Waals surface area contributed by atoms with Crippen molar-refractivity contribution in [2.45, 2.75) is 24.8 Å². The molecule has 4 rings (SSSR count). The molecule has 1 aliphatic rings. The number of alkyl halides is 3. The van der Waals surface area contributed by atoms with Crippen LogP contribution in [0.15, 0.2) is 36.7 Å². The van der Waals surface area contributed by atoms with Gasteiger partial charge in [0, 0.05) is 18.2 Å². The summed E-state index contributed by atoms with van der Waals surface area (Å²) in [6.07, 6.45) is -5.77. The lowest BCUT2D eigenvalue weighted by molar-refractivity contribution is -0.209. The highest BCUT2D eigenvalue weighted by molar-refractivity contribution is 5.92. The van der Waals surface area contributed by atoms with E-state index in [1.807, 2.05) is 6.92 Å². The summed E-state index contributed by atoms with van der Waals surface area (Å²) in [5.74, 6) is 1.60. The highest BCUT2D eigenvalue weighted by atomic mass is 19.4. The molecule has 1 aromatic carbocycles. The molecule has 0 spiro atoms. The van der Waals surface area contributed by atoms with E-state index in [4.69, 9.17) is 5.73 Å². The lowest BCUT2D eigenvalue weighted by Gasteiger charge is -2.21. The molecular weight excluding hydrogens is 467 g/mol. The smallest absolute Gasteiger partial charge is 0.449 e. The summed E-state index contributed by atoms with van der Waals surface area (Å²) in [6.45, 7) is 1.39. The second-order valence-electron chi connectivity index (χ2n) is 7.96. The summed E-state index contributed by atoms with van der Waals surface area (Å²) in [4.78, 5) is 37.3. The third-order valence-corrected chi connectivity index (χ3v) is 5.42. The van der Waals surface area contributed by atoms with Gasteiger partial charge in [-0.2, -0.15) is 13.2 Å². The average molecular weight is 485 g/mol. The molecule has 3 N–H and O–H groups in total. The Morgan fingerprint density at radius 2 is 2.03 bits per heavy atom. The molecule has 180 valence electrons. The van der Waals surface area contributed by atoms with E-state index in [0.717, 1.165) is 10.5 Å². The van der Waals surface area contributed by atoms with Crippen molar-refractivity contribution < 1.29 is 32.6 Å². The molecule has 1 fully saturated rings. The van der Waals surface area contributed by atoms with Crippen molar-refractivity contribution in [3.63, 3.8) is 0 Å². The van der Waals surface area contributed by atoms with Gasteiger partial charge in [0.15, 0.2) is 11.9 Å². The van der Waals surface area contributed by atoms with Gasteiger partial charge in [0.25, 0.3) is 5.91 Å². The first-order valence-electron chi connectivity index (χ1n) is 10.2. The predicted molar refractivity (Wildman–Crippen MR) is 117 cm³/mol. The van der Waals surface area contributed by atoms with Crippen LogP contribution < -0.4 is 5.73 Å². The molecule has 1 saturated heterocycles. The largest absolute Gasteiger partial charge is 0.490 e. The number of aliphatic hydroxyl groups is 1. The number of nitrogens with two attached hydrogens (primary N) is 1. The lowest BCUT2D eigenvalue weighted by atomic mass is 9.99. The fourth-order valence-electron chi connectivity index (χ4n) is 3.63. The summed E-state index contributed by atoms with van der Waals surface area (Å²) in [6, 6.07) is 8.38. The Balaban J connectivity index is 1.69. The lowest BCUT2D eigenvalue weighted by Crippen LogP contribution is -2.47. The van der Waals surface area contributed by atoms with Crippen molar-refractivity contribution in [3.05, 3.63) is 47.8 Å². The molecule has 1 aliphatic heterocycles. The number of nitrogens with zero attached hydrogens (tertiary/aromatic N) is 4. The van der Waals surface area contributed by atoms with Crippen LogP contribution in [0.4, 0.5) is 19.0 Å². The summed E-state index contributed by atoms with van der Waals surface area (Å²) in [5.41, 5.74) is 6.59. The minimum atomic E-state index is -5.29. The number of likely N-dealkylation sites (N-methyl/N-ethyl adjacent to an activating group) is 1. The molecule has 3 heterocycles. The van der Waals surface area contributed by atoms with Gasteiger partial charge in [0.05, 0.1) is 17.8 Å². The Bertz CT molecular complexity index is 1420. The van der Waals surface area contributed by atoms with Gasteiger partial charge in [-0.3, -0.25) is 4.79 Å². The standard InChI is InChI=1S/C23H18F3N5O4/c1-12-8-15(30-18-17(12)28-11-29-19(18)27)14-5-3-4-13(9-14)6-7-22(34)16(10-31(2)20(22)32)35-21(33)23(24,25)26/h3-5,8-9,11,16,34H,10H2,1-2H3,(H2,27,28,29)/t16?,22-/m1/s1. The fourth-order valence-corrected chi connectivity index (χ4v) is 3.63. The Morgan fingerprint density at radius 1 is 1.29 bits per heavy atom. The number of carbonyl (C=O) groups excluding carboxylic acids is 2. The molecule has 0 radical (unpaired) electrons. The molecule has 2 aromatic heterocycles. The highest BCUT2D eigenvalue weighted by Crippen LogP contribution is 2.29. The number of hydrogen-bond donors (Lipinski definition) is 2. The number of rotatable bonds is 2. The summed E-state index contributed by atoms with van der Waals surface area (Å²) in [5, 5.41) is 10.8. The summed E-state index contributed by atoms with van der Waals surface area (Å²) >= 11 is 0. The van der Waals surface area contributed by atoms with Crippen LogP contribution in [-0.2, 0) is 14.3 Å². The number of esters is 1. The number of hydrogen-bond acceptors (Lipinski definition) is 8. The minimum Gasteiger partial charge on any atom is -0.449 e. The number of pyridine rings is 1. The number of amides is 1. The molecule has 0 saturated carbocycles. The van der Waals surface area contributed by atoms with Crippen molar-refractivity contribution in [2.75, 3.05) is 19.3 Å². The normalized spacial score (nSPS) is 20.0. The number of nitrogen functional groups attached to an aromatic ring is 1. The van der Waals surface area contributed by atoms with Gasteiger partial charge in [-0.15, -0.1) is 0 Å². The molecule has 12 heteroatoms.